The Labute approximate surface area is 276 Å². The second-order valence-electron chi connectivity index (χ2n) is 11.4. The van der Waals surface area contributed by atoms with E-state index in [4.69, 9.17) is 24.4 Å². The van der Waals surface area contributed by atoms with Gasteiger partial charge in [-0.1, -0.05) is 97.1 Å². The second kappa shape index (κ2) is 10.4. The van der Waals surface area contributed by atoms with E-state index < -0.39 is 0 Å². The molecular formula is C40H22N4OS2. The third kappa shape index (κ3) is 4.28. The molecule has 0 aliphatic heterocycles. The van der Waals surface area contributed by atoms with Crippen LogP contribution in [0.4, 0.5) is 0 Å². The Kier molecular flexibility index (Phi) is 5.85. The molecule has 0 unspecified atom stereocenters. The van der Waals surface area contributed by atoms with Crippen LogP contribution < -0.4 is 0 Å². The van der Waals surface area contributed by atoms with Crippen LogP contribution in [0.2, 0.25) is 0 Å². The number of rotatable bonds is 4. The Morgan fingerprint density at radius 3 is 1.87 bits per heavy atom. The minimum absolute atomic E-state index is 0.566. The first-order valence-corrected chi connectivity index (χ1v) is 16.9. The molecule has 0 radical (unpaired) electrons. The van der Waals surface area contributed by atoms with Gasteiger partial charge in [0.25, 0.3) is 0 Å². The van der Waals surface area contributed by atoms with Gasteiger partial charge >= 0.3 is 0 Å². The number of nitrogens with zero attached hydrogens (tertiary/aromatic N) is 4. The molecule has 7 heteroatoms. The molecule has 4 aromatic heterocycles. The summed E-state index contributed by atoms with van der Waals surface area (Å²) in [5, 5.41) is 5.48. The molecule has 0 spiro atoms. The van der Waals surface area contributed by atoms with E-state index in [9.17, 15) is 0 Å². The van der Waals surface area contributed by atoms with E-state index in [1.165, 1.54) is 20.2 Å². The largest absolute Gasteiger partial charge is 0.455 e. The predicted molar refractivity (Wildman–Crippen MR) is 195 cm³/mol. The number of para-hydroxylation sites is 3. The SMILES string of the molecule is c1ccc(-c2nc(-c3ccc4c(c3)sc3ccccc34)nc(-c3cccc4c3oc3c(-c5nc6ccccc6s5)cccc34)n2)cc1. The minimum atomic E-state index is 0.566. The summed E-state index contributed by atoms with van der Waals surface area (Å²) in [6.45, 7) is 0. The van der Waals surface area contributed by atoms with Crippen LogP contribution in [-0.2, 0) is 0 Å². The lowest BCUT2D eigenvalue weighted by atomic mass is 10.1. The van der Waals surface area contributed by atoms with Gasteiger partial charge in [-0.05, 0) is 36.4 Å². The van der Waals surface area contributed by atoms with Crippen molar-refractivity contribution < 1.29 is 4.42 Å². The van der Waals surface area contributed by atoms with E-state index in [1.807, 2.05) is 60.7 Å². The zero-order valence-electron chi connectivity index (χ0n) is 24.7. The molecule has 47 heavy (non-hydrogen) atoms. The molecule has 6 aromatic carbocycles. The smallest absolute Gasteiger partial charge is 0.167 e. The highest BCUT2D eigenvalue weighted by atomic mass is 32.1. The lowest BCUT2D eigenvalue weighted by molar-refractivity contribution is 0.670. The summed E-state index contributed by atoms with van der Waals surface area (Å²) in [7, 11) is 0. The topological polar surface area (TPSA) is 64.7 Å². The number of fused-ring (bicyclic) bond motifs is 7. The summed E-state index contributed by atoms with van der Waals surface area (Å²) in [4.78, 5) is 20.1. The first kappa shape index (κ1) is 26.5. The van der Waals surface area contributed by atoms with Crippen molar-refractivity contribution in [2.75, 3.05) is 0 Å². The molecule has 5 nitrogen and oxygen atoms in total. The van der Waals surface area contributed by atoms with Crippen molar-refractivity contribution in [3.63, 3.8) is 0 Å². The Bertz CT molecular complexity index is 2780. The van der Waals surface area contributed by atoms with Crippen LogP contribution in [0, 0.1) is 0 Å². The number of hydrogen-bond acceptors (Lipinski definition) is 7. The quantitative estimate of drug-likeness (QED) is 0.192. The molecule has 0 N–H and O–H groups in total. The lowest BCUT2D eigenvalue weighted by Crippen LogP contribution is -2.00. The van der Waals surface area contributed by atoms with Crippen LogP contribution in [0.1, 0.15) is 0 Å². The van der Waals surface area contributed by atoms with Gasteiger partial charge in [-0.2, -0.15) is 0 Å². The Hall–Kier alpha value is -5.76. The lowest BCUT2D eigenvalue weighted by Gasteiger charge is -2.09. The number of aromatic nitrogens is 4. The zero-order valence-corrected chi connectivity index (χ0v) is 26.3. The number of furan rings is 1. The molecule has 220 valence electrons. The summed E-state index contributed by atoms with van der Waals surface area (Å²) in [5.41, 5.74) is 6.20. The summed E-state index contributed by atoms with van der Waals surface area (Å²) in [6, 6.07) is 45.8. The number of benzene rings is 6. The van der Waals surface area contributed by atoms with E-state index in [2.05, 4.69) is 72.8 Å². The number of thiazole rings is 1. The maximum Gasteiger partial charge on any atom is 0.167 e. The van der Waals surface area contributed by atoms with Gasteiger partial charge in [-0.15, -0.1) is 22.7 Å². The highest BCUT2D eigenvalue weighted by Gasteiger charge is 2.20. The van der Waals surface area contributed by atoms with E-state index in [-0.39, 0.29) is 0 Å². The van der Waals surface area contributed by atoms with Crippen molar-refractivity contribution >= 4 is 75.0 Å². The van der Waals surface area contributed by atoms with Crippen LogP contribution in [0.25, 0.3) is 97.1 Å². The van der Waals surface area contributed by atoms with Crippen LogP contribution in [0.5, 0.6) is 0 Å². The summed E-state index contributed by atoms with van der Waals surface area (Å²) >= 11 is 3.46. The molecule has 0 bridgehead atoms. The van der Waals surface area contributed by atoms with E-state index >= 15 is 0 Å². The summed E-state index contributed by atoms with van der Waals surface area (Å²) in [5.74, 6) is 1.80. The molecule has 0 fully saturated rings. The van der Waals surface area contributed by atoms with Gasteiger partial charge in [0.2, 0.25) is 0 Å². The molecule has 0 saturated heterocycles. The first-order chi connectivity index (χ1) is 23.3. The monoisotopic (exact) mass is 638 g/mol. The third-order valence-electron chi connectivity index (χ3n) is 8.59. The molecule has 0 aliphatic rings. The third-order valence-corrected chi connectivity index (χ3v) is 10.8. The molecule has 0 saturated carbocycles. The maximum atomic E-state index is 6.77. The zero-order chi connectivity index (χ0) is 30.9. The average Bonchev–Trinajstić information content (AvgIpc) is 3.84. The minimum Gasteiger partial charge on any atom is -0.455 e. The fourth-order valence-corrected chi connectivity index (χ4v) is 8.49. The second-order valence-corrected chi connectivity index (χ2v) is 13.5. The van der Waals surface area contributed by atoms with Gasteiger partial charge in [0.15, 0.2) is 17.5 Å². The standard InChI is InChI=1S/C40H22N4OS2/c1-2-10-23(11-3-1)37-42-38(24-20-21-26-25-12-4-6-18-32(25)46-34(26)22-24)44-39(43-37)29-15-8-13-27-28-14-9-16-30(36(28)45-35(27)29)40-41-31-17-5-7-19-33(31)47-40/h1-22H. The van der Waals surface area contributed by atoms with Crippen LogP contribution in [-0.4, -0.2) is 19.9 Å². The van der Waals surface area contributed by atoms with Crippen molar-refractivity contribution in [1.29, 1.82) is 0 Å². The van der Waals surface area contributed by atoms with Crippen LogP contribution >= 0.6 is 22.7 Å². The van der Waals surface area contributed by atoms with Gasteiger partial charge in [0, 0.05) is 42.1 Å². The molecule has 0 atom stereocenters. The van der Waals surface area contributed by atoms with Crippen molar-refractivity contribution in [2.45, 2.75) is 0 Å². The molecule has 10 rings (SSSR count). The van der Waals surface area contributed by atoms with Crippen molar-refractivity contribution in [1.82, 2.24) is 19.9 Å². The van der Waals surface area contributed by atoms with Crippen molar-refractivity contribution in [2.24, 2.45) is 0 Å². The molecule has 0 aliphatic carbocycles. The Morgan fingerprint density at radius 2 is 1.04 bits per heavy atom. The maximum absolute atomic E-state index is 6.77. The van der Waals surface area contributed by atoms with Gasteiger partial charge in [0.1, 0.15) is 16.2 Å². The molecular weight excluding hydrogens is 617 g/mol. The summed E-state index contributed by atoms with van der Waals surface area (Å²) in [6.07, 6.45) is 0. The van der Waals surface area contributed by atoms with Gasteiger partial charge < -0.3 is 4.42 Å². The van der Waals surface area contributed by atoms with E-state index in [1.54, 1.807) is 22.7 Å². The normalized spacial score (nSPS) is 11.8. The van der Waals surface area contributed by atoms with Crippen molar-refractivity contribution in [3.8, 4) is 44.7 Å². The average molecular weight is 639 g/mol. The number of thiophene rings is 1. The van der Waals surface area contributed by atoms with Gasteiger partial charge in [-0.25, -0.2) is 19.9 Å². The fraction of sp³-hybridized carbons (Fsp3) is 0. The van der Waals surface area contributed by atoms with E-state index in [0.29, 0.717) is 17.5 Å². The predicted octanol–water partition coefficient (Wildman–Crippen LogP) is 11.4. The molecule has 4 heterocycles. The highest BCUT2D eigenvalue weighted by Crippen LogP contribution is 2.42. The number of hydrogen-bond donors (Lipinski definition) is 0. The summed E-state index contributed by atoms with van der Waals surface area (Å²) < 4.78 is 10.4. The van der Waals surface area contributed by atoms with Gasteiger partial charge in [-0.3, -0.25) is 0 Å². The van der Waals surface area contributed by atoms with E-state index in [0.717, 1.165) is 59.4 Å². The molecule has 0 amide bonds. The highest BCUT2D eigenvalue weighted by molar-refractivity contribution is 7.25. The van der Waals surface area contributed by atoms with Crippen LogP contribution in [0.15, 0.2) is 138 Å². The van der Waals surface area contributed by atoms with Gasteiger partial charge in [0.05, 0.1) is 21.3 Å². The van der Waals surface area contributed by atoms with Crippen molar-refractivity contribution in [3.05, 3.63) is 133 Å². The Balaban J connectivity index is 1.18. The fourth-order valence-electron chi connectivity index (χ4n) is 6.36. The molecule has 10 aromatic rings. The first-order valence-electron chi connectivity index (χ1n) is 15.3. The Morgan fingerprint density at radius 1 is 0.404 bits per heavy atom. The van der Waals surface area contributed by atoms with Crippen LogP contribution in [0.3, 0.4) is 0 Å².